The average Bonchev–Trinajstić information content (AvgIpc) is 3.28. The summed E-state index contributed by atoms with van der Waals surface area (Å²) in [6, 6.07) is -1.14. The predicted octanol–water partition coefficient (Wildman–Crippen LogP) is 6.18. The van der Waals surface area contributed by atoms with E-state index >= 15 is 0 Å². The smallest absolute Gasteiger partial charge is 0.329 e. The lowest BCUT2D eigenvalue weighted by Gasteiger charge is -2.42. The predicted molar refractivity (Wildman–Crippen MR) is 245 cm³/mol. The average molecular weight is 914 g/mol. The number of Topliss-reactive ketones (excluding diaryl/α,β-unsaturated/α-hetero) is 3. The molecule has 3 N–H and O–H groups in total. The van der Waals surface area contributed by atoms with Crippen LogP contribution in [0.4, 0.5) is 0 Å². The van der Waals surface area contributed by atoms with Gasteiger partial charge in [0.05, 0.1) is 24.4 Å². The number of allylic oxidation sites excluding steroid dienone is 6. The van der Waals surface area contributed by atoms with Gasteiger partial charge in [-0.15, -0.1) is 0 Å². The summed E-state index contributed by atoms with van der Waals surface area (Å²) in [4.78, 5) is 71.8. The Kier molecular flexibility index (Phi) is 21.0. The summed E-state index contributed by atoms with van der Waals surface area (Å²) in [7, 11) is 4.52. The number of hydrogen-bond acceptors (Lipinski definition) is 13. The highest BCUT2D eigenvalue weighted by Gasteiger charge is 2.53. The molecular formula is C51H79NO13. The van der Waals surface area contributed by atoms with E-state index in [1.54, 1.807) is 41.1 Å². The monoisotopic (exact) mass is 914 g/mol. The van der Waals surface area contributed by atoms with Crippen LogP contribution in [0.3, 0.4) is 0 Å². The Morgan fingerprint density at radius 1 is 0.846 bits per heavy atom. The van der Waals surface area contributed by atoms with Crippen LogP contribution in [-0.2, 0) is 47.7 Å². The number of aliphatic hydroxyl groups excluding tert-OH is 2. The maximum Gasteiger partial charge on any atom is 0.329 e. The first-order chi connectivity index (χ1) is 30.7. The van der Waals surface area contributed by atoms with Crippen molar-refractivity contribution in [3.05, 3.63) is 47.6 Å². The zero-order chi connectivity index (χ0) is 48.2. The van der Waals surface area contributed by atoms with E-state index < -0.39 is 83.9 Å². The minimum absolute atomic E-state index is 0.0193. The van der Waals surface area contributed by atoms with E-state index in [1.165, 1.54) is 12.0 Å². The third kappa shape index (κ3) is 14.3. The second-order valence-corrected chi connectivity index (χ2v) is 19.6. The van der Waals surface area contributed by atoms with E-state index in [9.17, 15) is 39.3 Å². The van der Waals surface area contributed by atoms with Crippen molar-refractivity contribution in [2.45, 2.75) is 180 Å². The number of fused-ring (bicyclic) bond motifs is 3. The van der Waals surface area contributed by atoms with Crippen LogP contribution in [0.25, 0.3) is 0 Å². The zero-order valence-corrected chi connectivity index (χ0v) is 40.6. The molecule has 14 unspecified atom stereocenters. The molecule has 3 heterocycles. The lowest BCUT2D eigenvalue weighted by Crippen LogP contribution is -2.61. The van der Waals surface area contributed by atoms with Crippen molar-refractivity contribution in [1.82, 2.24) is 4.90 Å². The van der Waals surface area contributed by atoms with Crippen LogP contribution in [0.1, 0.15) is 126 Å². The van der Waals surface area contributed by atoms with E-state index in [0.717, 1.165) is 12.0 Å². The van der Waals surface area contributed by atoms with Gasteiger partial charge < -0.3 is 43.9 Å². The van der Waals surface area contributed by atoms with Crippen molar-refractivity contribution in [3.8, 4) is 0 Å². The van der Waals surface area contributed by atoms with E-state index in [2.05, 4.69) is 0 Å². The van der Waals surface area contributed by atoms with E-state index in [-0.39, 0.29) is 54.8 Å². The second-order valence-electron chi connectivity index (χ2n) is 19.6. The van der Waals surface area contributed by atoms with Crippen molar-refractivity contribution in [2.24, 2.45) is 35.5 Å². The molecule has 0 aromatic heterocycles. The molecule has 3 aliphatic heterocycles. The van der Waals surface area contributed by atoms with E-state index in [1.807, 2.05) is 58.1 Å². The molecule has 1 amide bonds. The Morgan fingerprint density at radius 2 is 1.57 bits per heavy atom. The molecule has 15 atom stereocenters. The summed E-state index contributed by atoms with van der Waals surface area (Å²) in [5.74, 6) is -7.96. The van der Waals surface area contributed by atoms with E-state index in [4.69, 9.17) is 23.7 Å². The number of carbonyl (C=O) groups is 5. The fourth-order valence-electron chi connectivity index (χ4n) is 10.1. The summed E-state index contributed by atoms with van der Waals surface area (Å²) >= 11 is 0. The van der Waals surface area contributed by atoms with Crippen LogP contribution < -0.4 is 0 Å². The Balaban J connectivity index is 1.70. The first-order valence-corrected chi connectivity index (χ1v) is 23.9. The fraction of sp³-hybridized carbons (Fsp3) is 0.745. The molecule has 366 valence electrons. The number of rotatable bonds is 6. The van der Waals surface area contributed by atoms with Crippen molar-refractivity contribution in [3.63, 3.8) is 0 Å². The minimum Gasteiger partial charge on any atom is -0.460 e. The lowest BCUT2D eigenvalue weighted by atomic mass is 9.78. The van der Waals surface area contributed by atoms with Crippen molar-refractivity contribution in [1.29, 1.82) is 0 Å². The number of ether oxygens (including phenoxy) is 5. The quantitative estimate of drug-likeness (QED) is 0.156. The number of ketones is 3. The Labute approximate surface area is 387 Å². The van der Waals surface area contributed by atoms with Crippen LogP contribution in [0.5, 0.6) is 0 Å². The molecule has 0 aromatic rings. The molecule has 4 rings (SSSR count). The number of hydrogen-bond donors (Lipinski definition) is 3. The number of piperidine rings is 1. The molecule has 0 aromatic carbocycles. The molecule has 1 aliphatic carbocycles. The van der Waals surface area contributed by atoms with Crippen LogP contribution in [0.15, 0.2) is 47.6 Å². The van der Waals surface area contributed by atoms with Crippen molar-refractivity contribution < 1.29 is 63.0 Å². The third-order valence-corrected chi connectivity index (χ3v) is 14.5. The molecule has 14 heteroatoms. The van der Waals surface area contributed by atoms with Crippen LogP contribution in [0, 0.1) is 35.5 Å². The van der Waals surface area contributed by atoms with Gasteiger partial charge in [0.1, 0.15) is 30.1 Å². The molecular weight excluding hydrogens is 835 g/mol. The van der Waals surface area contributed by atoms with Crippen molar-refractivity contribution >= 4 is 29.2 Å². The van der Waals surface area contributed by atoms with Gasteiger partial charge in [-0.3, -0.25) is 19.2 Å². The molecule has 0 radical (unpaired) electrons. The summed E-state index contributed by atoms with van der Waals surface area (Å²) in [5.41, 5.74) is 1.27. The van der Waals surface area contributed by atoms with Crippen LogP contribution in [-0.4, -0.2) is 132 Å². The molecule has 1 saturated carbocycles. The Bertz CT molecular complexity index is 1760. The van der Waals surface area contributed by atoms with Gasteiger partial charge in [-0.2, -0.15) is 0 Å². The minimum atomic E-state index is -2.43. The fourth-order valence-corrected chi connectivity index (χ4v) is 10.1. The van der Waals surface area contributed by atoms with E-state index in [0.29, 0.717) is 63.4 Å². The summed E-state index contributed by atoms with van der Waals surface area (Å²) < 4.78 is 29.4. The number of esters is 1. The third-order valence-electron chi connectivity index (χ3n) is 14.5. The molecule has 0 spiro atoms. The highest BCUT2D eigenvalue weighted by atomic mass is 16.6. The number of nitrogens with zero attached hydrogens (tertiary/aromatic N) is 1. The first kappa shape index (κ1) is 54.2. The lowest BCUT2D eigenvalue weighted by molar-refractivity contribution is -0.265. The van der Waals surface area contributed by atoms with Gasteiger partial charge >= 0.3 is 5.97 Å². The summed E-state index contributed by atoms with van der Waals surface area (Å²) in [6.45, 7) is 12.7. The number of carbonyl (C=O) groups excluding carboxylic acids is 5. The molecule has 65 heavy (non-hydrogen) atoms. The van der Waals surface area contributed by atoms with Gasteiger partial charge in [-0.1, -0.05) is 71.1 Å². The largest absolute Gasteiger partial charge is 0.460 e. The SMILES string of the molecule is COC1CC2CCC(C)C(O)(O2)C(=O)C(=O)N2CCCC[C@H]2C(=O)OC(C(C)CC2CCC(O)C(OC)C2)CC(=O)C(C)/C=C(\C)C(O)C(OC)C(=O)C(C)CC(C)/C=C/C=C/C=C/1C. The van der Waals surface area contributed by atoms with Gasteiger partial charge in [-0.05, 0) is 107 Å². The maximum absolute atomic E-state index is 14.4. The second kappa shape index (κ2) is 25.1. The zero-order valence-electron chi connectivity index (χ0n) is 40.6. The van der Waals surface area contributed by atoms with Gasteiger partial charge in [0.25, 0.3) is 11.7 Å². The summed E-state index contributed by atoms with van der Waals surface area (Å²) in [5, 5.41) is 33.8. The van der Waals surface area contributed by atoms with Gasteiger partial charge in [0.2, 0.25) is 5.79 Å². The summed E-state index contributed by atoms with van der Waals surface area (Å²) in [6.07, 6.45) is 11.2. The van der Waals surface area contributed by atoms with Gasteiger partial charge in [-0.25, -0.2) is 4.79 Å². The maximum atomic E-state index is 14.4. The highest BCUT2D eigenvalue weighted by Crippen LogP contribution is 2.38. The number of cyclic esters (lactones) is 1. The Morgan fingerprint density at radius 3 is 2.25 bits per heavy atom. The number of methoxy groups -OCH3 is 3. The Hall–Kier alpha value is -3.37. The molecule has 3 fully saturated rings. The molecule has 14 nitrogen and oxygen atoms in total. The van der Waals surface area contributed by atoms with Crippen molar-refractivity contribution in [2.75, 3.05) is 27.9 Å². The standard InChI is InChI=1S/C51H79NO13/c1-30-16-12-11-13-17-31(2)42(61-8)28-38-21-19-36(7)51(60,65-38)48(57)49(58)52-23-15-14-18-39(52)50(59)64-43(33(4)26-37-20-22-40(53)44(27-37)62-9)29-41(54)32(3)25-35(6)46(56)47(63-10)45(55)34(5)24-30/h11-13,16-17,25,30,32-34,36-40,42-44,46-47,53,56,60H,14-15,18-24,26-29H2,1-10H3/b13-11+,16-12+,31-17+,35-25+/t30?,32?,33?,34?,36?,37?,38?,39-,40?,42?,43?,44?,46?,47?,51?/m0/s1. The molecule has 4 aliphatic rings. The highest BCUT2D eigenvalue weighted by molar-refractivity contribution is 6.39. The molecule has 2 bridgehead atoms. The number of amides is 1. The normalized spacial score (nSPS) is 40.4. The molecule has 2 saturated heterocycles. The van der Waals surface area contributed by atoms with Crippen LogP contribution in [0.2, 0.25) is 0 Å². The first-order valence-electron chi connectivity index (χ1n) is 23.9. The topological polar surface area (TPSA) is 195 Å². The van der Waals surface area contributed by atoms with Crippen LogP contribution >= 0.6 is 0 Å². The van der Waals surface area contributed by atoms with Gasteiger partial charge in [0.15, 0.2) is 5.78 Å². The number of aliphatic hydroxyl groups is 3. The van der Waals surface area contributed by atoms with Gasteiger partial charge in [0, 0.05) is 58.5 Å².